The van der Waals surface area contributed by atoms with Gasteiger partial charge in [0.15, 0.2) is 0 Å². The highest BCUT2D eigenvalue weighted by molar-refractivity contribution is 5.93. The molecule has 186 valence electrons. The van der Waals surface area contributed by atoms with Crippen LogP contribution in [0.25, 0.3) is 11.3 Å². The SMILES string of the molecule is CC(C)n1nc(Cc2nccc(-c3cc(C#N)c4c(c3)[C@@](C)(CO)CN4)n2)cc1C(=O)N(C)C1CC1. The van der Waals surface area contributed by atoms with Crippen LogP contribution >= 0.6 is 0 Å². The van der Waals surface area contributed by atoms with Crippen LogP contribution in [0.4, 0.5) is 5.69 Å². The first-order valence-corrected chi connectivity index (χ1v) is 12.4. The maximum Gasteiger partial charge on any atom is 0.272 e. The van der Waals surface area contributed by atoms with E-state index in [1.54, 1.807) is 10.9 Å². The van der Waals surface area contributed by atoms with Crippen molar-refractivity contribution in [2.45, 2.75) is 57.5 Å². The molecule has 9 nitrogen and oxygen atoms in total. The zero-order valence-corrected chi connectivity index (χ0v) is 21.1. The Kier molecular flexibility index (Phi) is 6.00. The normalized spacial score (nSPS) is 18.6. The molecular weight excluding hydrogens is 454 g/mol. The standard InChI is InChI=1S/C27H31N7O2/c1-16(2)34-23(26(36)33(4)20-5-6-20)11-19(32-34)12-24-29-8-7-22(31-24)17-9-18(13-28)25-21(10-17)27(3,15-35)14-30-25/h7-11,16,20,30,35H,5-6,12,14-15H2,1-4H3/t27-/m1/s1. The summed E-state index contributed by atoms with van der Waals surface area (Å²) in [5, 5.41) is 27.7. The Morgan fingerprint density at radius 1 is 1.36 bits per heavy atom. The average molecular weight is 486 g/mol. The summed E-state index contributed by atoms with van der Waals surface area (Å²) >= 11 is 0. The van der Waals surface area contributed by atoms with Gasteiger partial charge >= 0.3 is 0 Å². The molecule has 9 heteroatoms. The second-order valence-corrected chi connectivity index (χ2v) is 10.4. The number of hydrogen-bond donors (Lipinski definition) is 2. The van der Waals surface area contributed by atoms with Crippen molar-refractivity contribution in [1.29, 1.82) is 5.26 Å². The number of hydrogen-bond acceptors (Lipinski definition) is 7. The second-order valence-electron chi connectivity index (χ2n) is 10.4. The van der Waals surface area contributed by atoms with Crippen molar-refractivity contribution in [1.82, 2.24) is 24.6 Å². The van der Waals surface area contributed by atoms with Crippen LogP contribution in [0.3, 0.4) is 0 Å². The van der Waals surface area contributed by atoms with Crippen LogP contribution in [0, 0.1) is 11.3 Å². The fraction of sp³-hybridized carbons (Fsp3) is 0.444. The molecular formula is C27H31N7O2. The first-order valence-electron chi connectivity index (χ1n) is 12.4. The smallest absolute Gasteiger partial charge is 0.272 e. The van der Waals surface area contributed by atoms with Crippen LogP contribution in [0.15, 0.2) is 30.5 Å². The summed E-state index contributed by atoms with van der Waals surface area (Å²) in [5.41, 5.74) is 4.56. The molecule has 1 aromatic carbocycles. The van der Waals surface area contributed by atoms with Gasteiger partial charge in [0.25, 0.3) is 5.91 Å². The van der Waals surface area contributed by atoms with Crippen molar-refractivity contribution in [2.24, 2.45) is 0 Å². The van der Waals surface area contributed by atoms with Crippen LogP contribution in [-0.4, -0.2) is 61.9 Å². The molecule has 36 heavy (non-hydrogen) atoms. The maximum absolute atomic E-state index is 13.1. The van der Waals surface area contributed by atoms with E-state index >= 15 is 0 Å². The highest BCUT2D eigenvalue weighted by Crippen LogP contribution is 2.41. The Balaban J connectivity index is 1.46. The van der Waals surface area contributed by atoms with Crippen LogP contribution < -0.4 is 5.32 Å². The lowest BCUT2D eigenvalue weighted by atomic mass is 9.83. The minimum Gasteiger partial charge on any atom is -0.395 e. The summed E-state index contributed by atoms with van der Waals surface area (Å²) in [5.74, 6) is 0.569. The van der Waals surface area contributed by atoms with E-state index in [1.807, 2.05) is 57.0 Å². The lowest BCUT2D eigenvalue weighted by Crippen LogP contribution is -2.31. The quantitative estimate of drug-likeness (QED) is 0.527. The van der Waals surface area contributed by atoms with Gasteiger partial charge in [-0.25, -0.2) is 9.97 Å². The van der Waals surface area contributed by atoms with E-state index in [4.69, 9.17) is 10.1 Å². The number of nitrogens with one attached hydrogen (secondary N) is 1. The van der Waals surface area contributed by atoms with Gasteiger partial charge in [-0.05, 0) is 56.5 Å². The Bertz CT molecular complexity index is 1370. The summed E-state index contributed by atoms with van der Waals surface area (Å²) < 4.78 is 1.78. The third-order valence-corrected chi connectivity index (χ3v) is 7.16. The molecule has 0 radical (unpaired) electrons. The third-order valence-electron chi connectivity index (χ3n) is 7.16. The first kappa shape index (κ1) is 23.9. The summed E-state index contributed by atoms with van der Waals surface area (Å²) in [6, 6.07) is 10.1. The summed E-state index contributed by atoms with van der Waals surface area (Å²) in [7, 11) is 1.85. The molecule has 1 aliphatic carbocycles. The van der Waals surface area contributed by atoms with Gasteiger partial charge in [0.05, 0.1) is 35.7 Å². The highest BCUT2D eigenvalue weighted by atomic mass is 16.3. The first-order chi connectivity index (χ1) is 17.2. The van der Waals surface area contributed by atoms with Gasteiger partial charge in [0.2, 0.25) is 0 Å². The number of nitrogens with zero attached hydrogens (tertiary/aromatic N) is 6. The van der Waals surface area contributed by atoms with Crippen molar-refractivity contribution < 1.29 is 9.90 Å². The van der Waals surface area contributed by atoms with Gasteiger partial charge in [0, 0.05) is 42.9 Å². The zero-order chi connectivity index (χ0) is 25.6. The molecule has 1 amide bonds. The van der Waals surface area contributed by atoms with E-state index < -0.39 is 5.41 Å². The summed E-state index contributed by atoms with van der Waals surface area (Å²) in [6.07, 6.45) is 4.18. The van der Waals surface area contributed by atoms with Gasteiger partial charge in [0.1, 0.15) is 17.6 Å². The highest BCUT2D eigenvalue weighted by Gasteiger charge is 2.36. The minimum absolute atomic E-state index is 0.0117. The number of amides is 1. The number of carbonyl (C=O) groups is 1. The number of aliphatic hydroxyl groups excluding tert-OH is 1. The monoisotopic (exact) mass is 485 g/mol. The Labute approximate surface area is 210 Å². The molecule has 1 aliphatic heterocycles. The molecule has 5 rings (SSSR count). The fourth-order valence-electron chi connectivity index (χ4n) is 4.76. The topological polar surface area (TPSA) is 120 Å². The van der Waals surface area contributed by atoms with E-state index in [0.29, 0.717) is 41.8 Å². The van der Waals surface area contributed by atoms with Gasteiger partial charge < -0.3 is 15.3 Å². The molecule has 3 heterocycles. The lowest BCUT2D eigenvalue weighted by molar-refractivity contribution is 0.0770. The second kappa shape index (κ2) is 9.03. The number of carbonyl (C=O) groups excluding carboxylic acids is 1. The van der Waals surface area contributed by atoms with Gasteiger partial charge in [-0.15, -0.1) is 0 Å². The molecule has 0 unspecified atom stereocenters. The molecule has 1 saturated carbocycles. The molecule has 0 bridgehead atoms. The van der Waals surface area contributed by atoms with Crippen molar-refractivity contribution in [3.05, 3.63) is 58.8 Å². The predicted octanol–water partition coefficient (Wildman–Crippen LogP) is 3.29. The van der Waals surface area contributed by atoms with E-state index in [2.05, 4.69) is 16.4 Å². The molecule has 1 atom stereocenters. The van der Waals surface area contributed by atoms with Crippen molar-refractivity contribution >= 4 is 11.6 Å². The molecule has 2 aliphatic rings. The van der Waals surface area contributed by atoms with Crippen molar-refractivity contribution in [2.75, 3.05) is 25.5 Å². The number of rotatable bonds is 7. The largest absolute Gasteiger partial charge is 0.395 e. The average Bonchev–Trinajstić information content (AvgIpc) is 3.56. The molecule has 1 fully saturated rings. The Hall–Kier alpha value is -3.77. The Morgan fingerprint density at radius 3 is 2.81 bits per heavy atom. The van der Waals surface area contributed by atoms with E-state index in [1.165, 1.54) is 0 Å². The third kappa shape index (κ3) is 4.22. The van der Waals surface area contributed by atoms with Crippen molar-refractivity contribution in [3.63, 3.8) is 0 Å². The number of fused-ring (bicyclic) bond motifs is 1. The number of nitriles is 1. The number of anilines is 1. The van der Waals surface area contributed by atoms with E-state index in [9.17, 15) is 15.2 Å². The predicted molar refractivity (Wildman–Crippen MR) is 136 cm³/mol. The number of aliphatic hydroxyl groups is 1. The minimum atomic E-state index is -0.465. The van der Waals surface area contributed by atoms with Gasteiger partial charge in [-0.1, -0.05) is 6.92 Å². The summed E-state index contributed by atoms with van der Waals surface area (Å²) in [4.78, 5) is 24.1. The van der Waals surface area contributed by atoms with Gasteiger partial charge in [-0.2, -0.15) is 10.4 Å². The van der Waals surface area contributed by atoms with Gasteiger partial charge in [-0.3, -0.25) is 9.48 Å². The maximum atomic E-state index is 13.1. The van der Waals surface area contributed by atoms with Crippen LogP contribution in [-0.2, 0) is 11.8 Å². The van der Waals surface area contributed by atoms with Crippen LogP contribution in [0.5, 0.6) is 0 Å². The zero-order valence-electron chi connectivity index (χ0n) is 21.1. The fourth-order valence-corrected chi connectivity index (χ4v) is 4.76. The lowest BCUT2D eigenvalue weighted by Gasteiger charge is -2.21. The summed E-state index contributed by atoms with van der Waals surface area (Å²) in [6.45, 7) is 6.55. The molecule has 0 saturated heterocycles. The van der Waals surface area contributed by atoms with E-state index in [0.717, 1.165) is 35.3 Å². The van der Waals surface area contributed by atoms with E-state index in [-0.39, 0.29) is 18.6 Å². The molecule has 3 aromatic rings. The molecule has 0 spiro atoms. The Morgan fingerprint density at radius 2 is 2.14 bits per heavy atom. The van der Waals surface area contributed by atoms with Crippen LogP contribution in [0.2, 0.25) is 0 Å². The number of aromatic nitrogens is 4. The number of benzene rings is 1. The molecule has 2 N–H and O–H groups in total. The van der Waals surface area contributed by atoms with Crippen molar-refractivity contribution in [3.8, 4) is 17.3 Å². The molecule has 2 aromatic heterocycles. The van der Waals surface area contributed by atoms with Crippen LogP contribution in [0.1, 0.15) is 72.8 Å².